The van der Waals surface area contributed by atoms with E-state index in [2.05, 4.69) is 14.9 Å². The molecule has 3 aliphatic rings. The zero-order chi connectivity index (χ0) is 25.6. The molecule has 0 bridgehead atoms. The Morgan fingerprint density at radius 3 is 2.78 bits per heavy atom. The summed E-state index contributed by atoms with van der Waals surface area (Å²) in [6.45, 7) is 4.51. The van der Waals surface area contributed by atoms with E-state index in [4.69, 9.17) is 4.74 Å². The molecule has 2 heterocycles. The highest BCUT2D eigenvalue weighted by Gasteiger charge is 2.45. The Kier molecular flexibility index (Phi) is 6.37. The van der Waals surface area contributed by atoms with Crippen LogP contribution in [0.2, 0.25) is 0 Å². The molecule has 1 aliphatic carbocycles. The van der Waals surface area contributed by atoms with Crippen molar-refractivity contribution in [3.63, 3.8) is 0 Å². The maximum Gasteiger partial charge on any atom is 0.341 e. The maximum atomic E-state index is 14.1. The summed E-state index contributed by atoms with van der Waals surface area (Å²) in [4.78, 5) is 26.6. The molecule has 1 saturated heterocycles. The number of fused-ring (bicyclic) bond motifs is 3. The molecule has 11 heteroatoms. The molecule has 1 saturated carbocycles. The molecule has 3 atom stereocenters. The Morgan fingerprint density at radius 1 is 1.25 bits per heavy atom. The summed E-state index contributed by atoms with van der Waals surface area (Å²) in [5.41, 5.74) is 0.448. The van der Waals surface area contributed by atoms with Crippen LogP contribution < -0.4 is 14.8 Å². The van der Waals surface area contributed by atoms with Gasteiger partial charge in [-0.05, 0) is 67.2 Å². The quantitative estimate of drug-likeness (QED) is 0.492. The lowest BCUT2D eigenvalue weighted by molar-refractivity contribution is -0.124. The van der Waals surface area contributed by atoms with Gasteiger partial charge in [-0.3, -0.25) is 9.52 Å². The normalized spacial score (nSPS) is 22.8. The molecule has 0 unspecified atom stereocenters. The average molecular weight is 518 g/mol. The number of likely N-dealkylation sites (tertiary alicyclic amines) is 1. The van der Waals surface area contributed by atoms with Gasteiger partial charge in [-0.15, -0.1) is 0 Å². The first-order valence-corrected chi connectivity index (χ1v) is 13.5. The molecule has 1 amide bonds. The number of amides is 1. The van der Waals surface area contributed by atoms with Gasteiger partial charge in [0.1, 0.15) is 17.1 Å². The average Bonchev–Trinajstić information content (AvgIpc) is 3.48. The number of carbonyl (C=O) groups is 2. The summed E-state index contributed by atoms with van der Waals surface area (Å²) in [7, 11) is -4.32. The number of carboxylic acid groups (broad SMARTS) is 1. The fourth-order valence-corrected chi connectivity index (χ4v) is 6.45. The second kappa shape index (κ2) is 9.36. The number of sulfonamides is 1. The van der Waals surface area contributed by atoms with Crippen LogP contribution in [0.4, 0.5) is 10.1 Å². The number of hydrogen-bond acceptors (Lipinski definition) is 6. The molecule has 3 N–H and O–H groups in total. The number of hydrogen-bond donors (Lipinski definition) is 3. The number of nitrogens with zero attached hydrogens (tertiary/aromatic N) is 1. The lowest BCUT2D eigenvalue weighted by atomic mass is 10.0. The number of carbonyl (C=O) groups excluding carboxylic acids is 1. The van der Waals surface area contributed by atoms with Crippen LogP contribution in [0.15, 0.2) is 35.2 Å². The van der Waals surface area contributed by atoms with Gasteiger partial charge in [0.2, 0.25) is 5.91 Å². The molecule has 0 aromatic heterocycles. The van der Waals surface area contributed by atoms with E-state index in [9.17, 15) is 27.5 Å². The van der Waals surface area contributed by atoms with E-state index in [1.807, 2.05) is 6.92 Å². The topological polar surface area (TPSA) is 125 Å². The van der Waals surface area contributed by atoms with Gasteiger partial charge in [0.15, 0.2) is 0 Å². The highest BCUT2D eigenvalue weighted by molar-refractivity contribution is 7.92. The zero-order valence-corrected chi connectivity index (χ0v) is 20.6. The Labute approximate surface area is 208 Å². The van der Waals surface area contributed by atoms with Crippen LogP contribution in [-0.2, 0) is 21.4 Å². The van der Waals surface area contributed by atoms with Gasteiger partial charge in [-0.2, -0.15) is 0 Å². The Hall–Kier alpha value is -3.18. The van der Waals surface area contributed by atoms with Crippen LogP contribution in [0.25, 0.3) is 0 Å². The number of halogens is 1. The third-order valence-corrected chi connectivity index (χ3v) is 8.73. The SMILES string of the molecule is CCN1CC[C@@H](C(=O)NCc2cc(F)ccc2S(=O)(=O)Nc2ccc3c(c2C(=O)O)OC[C@@H]2C[C@H]32)C1. The highest BCUT2D eigenvalue weighted by Crippen LogP contribution is 2.55. The van der Waals surface area contributed by atoms with Crippen molar-refractivity contribution in [2.24, 2.45) is 11.8 Å². The number of aromatic carboxylic acids is 1. The van der Waals surface area contributed by atoms with Gasteiger partial charge in [-0.25, -0.2) is 17.6 Å². The van der Waals surface area contributed by atoms with Crippen LogP contribution in [0.1, 0.15) is 47.2 Å². The van der Waals surface area contributed by atoms with Crippen LogP contribution in [0, 0.1) is 17.7 Å². The Morgan fingerprint density at radius 2 is 2.06 bits per heavy atom. The van der Waals surface area contributed by atoms with Crippen LogP contribution in [-0.4, -0.2) is 56.5 Å². The van der Waals surface area contributed by atoms with Crippen molar-refractivity contribution in [2.45, 2.75) is 37.1 Å². The van der Waals surface area contributed by atoms with Crippen molar-refractivity contribution >= 4 is 27.6 Å². The van der Waals surface area contributed by atoms with E-state index < -0.39 is 21.8 Å². The molecule has 36 heavy (non-hydrogen) atoms. The summed E-state index contributed by atoms with van der Waals surface area (Å²) < 4.78 is 48.8. The molecule has 2 fully saturated rings. The van der Waals surface area contributed by atoms with Crippen molar-refractivity contribution in [1.82, 2.24) is 10.2 Å². The third-order valence-electron chi connectivity index (χ3n) is 7.27. The molecule has 2 aliphatic heterocycles. The number of ether oxygens (including phenoxy) is 1. The van der Waals surface area contributed by atoms with Crippen molar-refractivity contribution in [3.8, 4) is 5.75 Å². The van der Waals surface area contributed by atoms with Gasteiger partial charge in [0.25, 0.3) is 10.0 Å². The van der Waals surface area contributed by atoms with Gasteiger partial charge in [-0.1, -0.05) is 13.0 Å². The first-order valence-electron chi connectivity index (χ1n) is 12.0. The maximum absolute atomic E-state index is 14.1. The molecular formula is C25H28FN3O6S. The summed E-state index contributed by atoms with van der Waals surface area (Å²) in [6.07, 6.45) is 1.62. The minimum Gasteiger partial charge on any atom is -0.492 e. The Balaban J connectivity index is 1.39. The number of nitrogens with one attached hydrogen (secondary N) is 2. The number of anilines is 1. The molecule has 9 nitrogen and oxygen atoms in total. The predicted octanol–water partition coefficient (Wildman–Crippen LogP) is 2.78. The molecule has 5 rings (SSSR count). The summed E-state index contributed by atoms with van der Waals surface area (Å²) in [5, 5.41) is 12.6. The van der Waals surface area contributed by atoms with Crippen LogP contribution >= 0.6 is 0 Å². The molecule has 2 aromatic carbocycles. The van der Waals surface area contributed by atoms with E-state index in [0.29, 0.717) is 25.5 Å². The van der Waals surface area contributed by atoms with Crippen LogP contribution in [0.5, 0.6) is 5.75 Å². The summed E-state index contributed by atoms with van der Waals surface area (Å²) in [6, 6.07) is 6.29. The molecular weight excluding hydrogens is 489 g/mol. The molecule has 192 valence electrons. The highest BCUT2D eigenvalue weighted by atomic mass is 32.2. The second-order valence-corrected chi connectivity index (χ2v) is 11.2. The van der Waals surface area contributed by atoms with E-state index in [-0.39, 0.29) is 51.7 Å². The van der Waals surface area contributed by atoms with Gasteiger partial charge in [0, 0.05) is 19.0 Å². The monoisotopic (exact) mass is 517 g/mol. The first kappa shape index (κ1) is 24.5. The molecule has 0 radical (unpaired) electrons. The van der Waals surface area contributed by atoms with Crippen molar-refractivity contribution in [1.29, 1.82) is 0 Å². The van der Waals surface area contributed by atoms with Crippen LogP contribution in [0.3, 0.4) is 0 Å². The summed E-state index contributed by atoms with van der Waals surface area (Å²) >= 11 is 0. The lowest BCUT2D eigenvalue weighted by Crippen LogP contribution is -2.33. The van der Waals surface area contributed by atoms with E-state index in [0.717, 1.165) is 43.3 Å². The van der Waals surface area contributed by atoms with E-state index >= 15 is 0 Å². The third kappa shape index (κ3) is 4.64. The van der Waals surface area contributed by atoms with Crippen molar-refractivity contribution < 1.29 is 32.2 Å². The van der Waals surface area contributed by atoms with Gasteiger partial charge < -0.3 is 20.1 Å². The number of benzene rings is 2. The largest absolute Gasteiger partial charge is 0.492 e. The molecule has 0 spiro atoms. The van der Waals surface area contributed by atoms with Gasteiger partial charge >= 0.3 is 5.97 Å². The second-order valence-electron chi connectivity index (χ2n) is 9.58. The molecule has 2 aromatic rings. The van der Waals surface area contributed by atoms with E-state index in [1.165, 1.54) is 6.07 Å². The number of rotatable bonds is 8. The Bertz CT molecular complexity index is 1330. The minimum absolute atomic E-state index is 0.0631. The standard InChI is InChI=1S/C25H28FN3O6S/c1-2-29-8-7-14(12-29)24(30)27-11-15-9-17(26)3-6-21(15)36(33,34)28-20-5-4-18-19-10-16(19)13-35-23(18)22(20)25(31)32/h3-6,9,14,16,19,28H,2,7-8,10-13H2,1H3,(H,27,30)(H,31,32)/t14-,16+,19+/m1/s1. The van der Waals surface area contributed by atoms with Gasteiger partial charge in [0.05, 0.1) is 23.1 Å². The van der Waals surface area contributed by atoms with Crippen molar-refractivity contribution in [3.05, 3.63) is 52.8 Å². The smallest absolute Gasteiger partial charge is 0.341 e. The number of carboxylic acids is 1. The zero-order valence-electron chi connectivity index (χ0n) is 19.8. The fraction of sp³-hybridized carbons (Fsp3) is 0.440. The fourth-order valence-electron chi connectivity index (χ4n) is 5.16. The minimum atomic E-state index is -4.32. The van der Waals surface area contributed by atoms with Crippen molar-refractivity contribution in [2.75, 3.05) is 31.0 Å². The summed E-state index contributed by atoms with van der Waals surface area (Å²) in [5.74, 6) is -1.61. The lowest BCUT2D eigenvalue weighted by Gasteiger charge is -2.21. The van der Waals surface area contributed by atoms with E-state index in [1.54, 1.807) is 6.07 Å². The first-order chi connectivity index (χ1) is 17.2. The predicted molar refractivity (Wildman–Crippen MR) is 129 cm³/mol.